The Bertz CT molecular complexity index is 957. The van der Waals surface area contributed by atoms with Crippen molar-refractivity contribution in [1.29, 1.82) is 0 Å². The van der Waals surface area contributed by atoms with Crippen LogP contribution in [0.25, 0.3) is 17.2 Å². The number of hydrogen-bond acceptors (Lipinski definition) is 4. The van der Waals surface area contributed by atoms with Gasteiger partial charge in [0.05, 0.1) is 13.1 Å². The molecule has 0 spiro atoms. The second-order valence-electron chi connectivity index (χ2n) is 5.98. The third-order valence-electron chi connectivity index (χ3n) is 4.15. The summed E-state index contributed by atoms with van der Waals surface area (Å²) in [6.45, 7) is 1.78. The van der Waals surface area contributed by atoms with E-state index in [0.29, 0.717) is 16.9 Å². The predicted molar refractivity (Wildman–Crippen MR) is 91.6 cm³/mol. The minimum Gasteiger partial charge on any atom is -0.545 e. The van der Waals surface area contributed by atoms with Gasteiger partial charge in [-0.25, -0.2) is 0 Å². The topological polar surface area (TPSA) is 58.6 Å². The van der Waals surface area contributed by atoms with Crippen LogP contribution < -0.4 is 44.1 Å². The van der Waals surface area contributed by atoms with Crippen LogP contribution in [-0.4, -0.2) is 25.4 Å². The maximum Gasteiger partial charge on any atom is 1.00 e. The first-order chi connectivity index (χ1) is 12.6. The van der Waals surface area contributed by atoms with Crippen molar-refractivity contribution >= 4 is 23.6 Å². The van der Waals surface area contributed by atoms with E-state index >= 15 is 0 Å². The molecule has 1 heterocycles. The van der Waals surface area contributed by atoms with Crippen molar-refractivity contribution in [2.24, 2.45) is 0 Å². The van der Waals surface area contributed by atoms with Gasteiger partial charge in [-0.05, 0) is 48.4 Å². The van der Waals surface area contributed by atoms with Crippen LogP contribution in [0.1, 0.15) is 11.1 Å². The smallest absolute Gasteiger partial charge is 0.545 e. The maximum atomic E-state index is 13.3. The monoisotopic (exact) mass is 420 g/mol. The van der Waals surface area contributed by atoms with Crippen molar-refractivity contribution < 1.29 is 62.1 Å². The summed E-state index contributed by atoms with van der Waals surface area (Å²) < 4.78 is 50.3. The van der Waals surface area contributed by atoms with E-state index in [2.05, 4.69) is 0 Å². The van der Waals surface area contributed by atoms with E-state index in [1.165, 1.54) is 19.2 Å². The number of fused-ring (bicyclic) bond motifs is 1. The van der Waals surface area contributed by atoms with E-state index in [-0.39, 0.29) is 45.9 Å². The number of carbonyl (C=O) groups excluding carboxylic acids is 1. The molecule has 4 nitrogen and oxygen atoms in total. The number of halogens is 4. The number of alkyl halides is 3. The second-order valence-corrected chi connectivity index (χ2v) is 6.42. The zero-order chi connectivity index (χ0) is 19.9. The fourth-order valence-corrected chi connectivity index (χ4v) is 3.17. The van der Waals surface area contributed by atoms with Crippen LogP contribution in [0.3, 0.4) is 0 Å². The van der Waals surface area contributed by atoms with Gasteiger partial charge in [-0.15, -0.1) is 0 Å². The summed E-state index contributed by atoms with van der Waals surface area (Å²) in [7, 11) is 1.51. The number of carboxylic acid groups (broad SMARTS) is 1. The Morgan fingerprint density at radius 2 is 1.93 bits per heavy atom. The molecule has 0 N–H and O–H groups in total. The molecule has 0 bridgehead atoms. The van der Waals surface area contributed by atoms with Crippen molar-refractivity contribution in [3.63, 3.8) is 0 Å². The largest absolute Gasteiger partial charge is 1.00 e. The third-order valence-corrected chi connectivity index (χ3v) is 4.37. The molecule has 0 saturated carbocycles. The Hall–Kier alpha value is -1.67. The van der Waals surface area contributed by atoms with Crippen LogP contribution in [0, 0.1) is 6.92 Å². The molecule has 0 saturated heterocycles. The third kappa shape index (κ3) is 4.33. The molecule has 0 amide bonds. The SMILES string of the molecule is COc1ccc(-c2cc(Cl)cc3c2OC(C(F)(F)F)C(C(=O)[O-])=C3)cc1C.[Na+]. The number of benzene rings is 2. The first-order valence-corrected chi connectivity index (χ1v) is 8.14. The number of aryl methyl sites for hydroxylation is 1. The first kappa shape index (κ1) is 22.6. The predicted octanol–water partition coefficient (Wildman–Crippen LogP) is 0.785. The molecule has 142 valence electrons. The van der Waals surface area contributed by atoms with Crippen molar-refractivity contribution in [2.45, 2.75) is 19.2 Å². The number of aliphatic carboxylic acids is 1. The average Bonchev–Trinajstić information content (AvgIpc) is 2.58. The van der Waals surface area contributed by atoms with Crippen LogP contribution in [-0.2, 0) is 4.79 Å². The second kappa shape index (κ2) is 8.37. The van der Waals surface area contributed by atoms with Gasteiger partial charge in [0, 0.05) is 21.7 Å². The summed E-state index contributed by atoms with van der Waals surface area (Å²) in [6, 6.07) is 7.85. The number of rotatable bonds is 3. The molecule has 1 aliphatic rings. The van der Waals surface area contributed by atoms with Gasteiger partial charge in [0.15, 0.2) is 0 Å². The summed E-state index contributed by atoms with van der Waals surface area (Å²) >= 11 is 6.09. The Balaban J connectivity index is 0.00000280. The molecule has 0 fully saturated rings. The molecular weight excluding hydrogens is 408 g/mol. The van der Waals surface area contributed by atoms with Gasteiger partial charge >= 0.3 is 35.7 Å². The maximum absolute atomic E-state index is 13.3. The Morgan fingerprint density at radius 1 is 1.25 bits per heavy atom. The van der Waals surface area contributed by atoms with Gasteiger partial charge in [0.2, 0.25) is 6.10 Å². The van der Waals surface area contributed by atoms with Gasteiger partial charge in [0.25, 0.3) is 0 Å². The van der Waals surface area contributed by atoms with Crippen LogP contribution in [0.2, 0.25) is 5.02 Å². The molecule has 2 aromatic carbocycles. The van der Waals surface area contributed by atoms with Crippen LogP contribution in [0.5, 0.6) is 11.5 Å². The summed E-state index contributed by atoms with van der Waals surface area (Å²) in [5.74, 6) is -1.44. The molecule has 0 aliphatic carbocycles. The van der Waals surface area contributed by atoms with Crippen molar-refractivity contribution in [2.75, 3.05) is 7.11 Å². The van der Waals surface area contributed by atoms with E-state index < -0.39 is 23.8 Å². The standard InChI is InChI=1S/C19H14ClF3O4.Na/c1-9-5-10(3-4-15(9)26-2)13-8-12(20)6-11-7-14(18(24)25)17(19(21,22)23)27-16(11)13;/h3-8,17H,1-2H3,(H,24,25);/q;+1/p-1. The molecule has 1 aliphatic heterocycles. The molecule has 1 unspecified atom stereocenters. The first-order valence-electron chi connectivity index (χ1n) is 7.76. The molecule has 1 atom stereocenters. The number of carboxylic acids is 1. The normalized spacial score (nSPS) is 15.6. The van der Waals surface area contributed by atoms with Gasteiger partial charge < -0.3 is 19.4 Å². The number of carbonyl (C=O) groups is 1. The molecule has 9 heteroatoms. The number of hydrogen-bond donors (Lipinski definition) is 0. The number of ether oxygens (including phenoxy) is 2. The van der Waals surface area contributed by atoms with Crippen LogP contribution in [0.4, 0.5) is 13.2 Å². The molecule has 0 aromatic heterocycles. The zero-order valence-corrected chi connectivity index (χ0v) is 17.9. The van der Waals surface area contributed by atoms with E-state index in [4.69, 9.17) is 21.1 Å². The van der Waals surface area contributed by atoms with Crippen molar-refractivity contribution in [3.05, 3.63) is 52.1 Å². The quantitative estimate of drug-likeness (QED) is 0.689. The van der Waals surface area contributed by atoms with Gasteiger partial charge in [-0.3, -0.25) is 0 Å². The Labute approximate surface area is 186 Å². The Morgan fingerprint density at radius 3 is 2.46 bits per heavy atom. The van der Waals surface area contributed by atoms with Gasteiger partial charge in [-0.1, -0.05) is 17.7 Å². The van der Waals surface area contributed by atoms with Gasteiger partial charge in [-0.2, -0.15) is 13.2 Å². The minimum atomic E-state index is -4.92. The minimum absolute atomic E-state index is 0. The summed E-state index contributed by atoms with van der Waals surface area (Å²) in [6.07, 6.45) is -6.66. The summed E-state index contributed by atoms with van der Waals surface area (Å²) in [4.78, 5) is 11.2. The van der Waals surface area contributed by atoms with E-state index in [0.717, 1.165) is 11.6 Å². The van der Waals surface area contributed by atoms with Crippen molar-refractivity contribution in [3.8, 4) is 22.6 Å². The summed E-state index contributed by atoms with van der Waals surface area (Å²) in [5, 5.41) is 11.4. The number of methoxy groups -OCH3 is 1. The van der Waals surface area contributed by atoms with Gasteiger partial charge in [0.1, 0.15) is 11.5 Å². The van der Waals surface area contributed by atoms with E-state index in [1.54, 1.807) is 25.1 Å². The van der Waals surface area contributed by atoms with E-state index in [1.807, 2.05) is 0 Å². The molecule has 0 radical (unpaired) electrons. The van der Waals surface area contributed by atoms with E-state index in [9.17, 15) is 23.1 Å². The Kier molecular flexibility index (Phi) is 6.76. The van der Waals surface area contributed by atoms with Crippen molar-refractivity contribution in [1.82, 2.24) is 0 Å². The average molecular weight is 421 g/mol. The zero-order valence-electron chi connectivity index (χ0n) is 15.2. The summed E-state index contributed by atoms with van der Waals surface area (Å²) in [5.41, 5.74) is 0.752. The molecule has 3 rings (SSSR count). The molecule has 28 heavy (non-hydrogen) atoms. The molecule has 2 aromatic rings. The molecular formula is C19H13ClF3NaO4. The van der Waals surface area contributed by atoms with Crippen LogP contribution >= 0.6 is 11.6 Å². The van der Waals surface area contributed by atoms with Crippen LogP contribution in [0.15, 0.2) is 35.9 Å². The fraction of sp³-hybridized carbons (Fsp3) is 0.211. The fourth-order valence-electron chi connectivity index (χ4n) is 2.95.